The van der Waals surface area contributed by atoms with E-state index in [1.807, 2.05) is 19.9 Å². The minimum absolute atomic E-state index is 0.0892. The number of hydrogen-bond donors (Lipinski definition) is 2. The van der Waals surface area contributed by atoms with Crippen LogP contribution in [0.5, 0.6) is 11.5 Å². The molecular formula is C24H26Cl2N2O5. The van der Waals surface area contributed by atoms with Crippen LogP contribution in [0.1, 0.15) is 37.9 Å². The van der Waals surface area contributed by atoms with Crippen molar-refractivity contribution in [1.82, 2.24) is 10.6 Å². The lowest BCUT2D eigenvalue weighted by atomic mass is 9.91. The summed E-state index contributed by atoms with van der Waals surface area (Å²) < 4.78 is 16.7. The summed E-state index contributed by atoms with van der Waals surface area (Å²) in [6.45, 7) is 6.01. The second-order valence-corrected chi connectivity index (χ2v) is 8.50. The molecule has 0 aliphatic carbocycles. The fraction of sp³-hybridized carbons (Fsp3) is 0.333. The van der Waals surface area contributed by atoms with E-state index in [0.717, 1.165) is 5.56 Å². The molecule has 9 heteroatoms. The number of halogens is 2. The summed E-state index contributed by atoms with van der Waals surface area (Å²) in [5.74, 6) is 0.374. The van der Waals surface area contributed by atoms with Gasteiger partial charge in [0.1, 0.15) is 6.61 Å². The number of allylic oxidation sites excluding steroid dienone is 1. The SMILES string of the molecule is CCOC(=O)C1=C(C(C)C)NC(=O)NC1c1ccc(OCc2ccc(Cl)c(Cl)c2)c(OC)c1. The summed E-state index contributed by atoms with van der Waals surface area (Å²) in [6, 6.07) is 9.42. The van der Waals surface area contributed by atoms with E-state index in [4.69, 9.17) is 37.4 Å². The lowest BCUT2D eigenvalue weighted by Crippen LogP contribution is -2.47. The minimum Gasteiger partial charge on any atom is -0.493 e. The van der Waals surface area contributed by atoms with Crippen molar-refractivity contribution in [3.8, 4) is 11.5 Å². The molecule has 0 aromatic heterocycles. The maximum absolute atomic E-state index is 12.8. The van der Waals surface area contributed by atoms with Gasteiger partial charge in [-0.05, 0) is 48.2 Å². The number of benzene rings is 2. The average Bonchev–Trinajstić information content (AvgIpc) is 2.79. The number of amides is 2. The normalized spacial score (nSPS) is 15.7. The lowest BCUT2D eigenvalue weighted by molar-refractivity contribution is -0.139. The Balaban J connectivity index is 1.92. The Bertz CT molecular complexity index is 1080. The second-order valence-electron chi connectivity index (χ2n) is 7.68. The summed E-state index contributed by atoms with van der Waals surface area (Å²) in [6.07, 6.45) is 0. The summed E-state index contributed by atoms with van der Waals surface area (Å²) in [4.78, 5) is 25.1. The third-order valence-electron chi connectivity index (χ3n) is 5.07. The van der Waals surface area contributed by atoms with Gasteiger partial charge in [-0.15, -0.1) is 0 Å². The van der Waals surface area contributed by atoms with Crippen LogP contribution < -0.4 is 20.1 Å². The average molecular weight is 493 g/mol. The van der Waals surface area contributed by atoms with Crippen LogP contribution in [0.4, 0.5) is 4.79 Å². The summed E-state index contributed by atoms with van der Waals surface area (Å²) >= 11 is 12.0. The fourth-order valence-electron chi connectivity index (χ4n) is 3.50. The van der Waals surface area contributed by atoms with Crippen LogP contribution in [0.3, 0.4) is 0 Å². The molecule has 2 aromatic rings. The predicted octanol–water partition coefficient (Wildman–Crippen LogP) is 5.41. The van der Waals surface area contributed by atoms with Crippen LogP contribution in [0.2, 0.25) is 10.0 Å². The van der Waals surface area contributed by atoms with Crippen molar-refractivity contribution in [2.75, 3.05) is 13.7 Å². The highest BCUT2D eigenvalue weighted by atomic mass is 35.5. The van der Waals surface area contributed by atoms with E-state index in [-0.39, 0.29) is 19.1 Å². The molecule has 0 fully saturated rings. The van der Waals surface area contributed by atoms with Crippen LogP contribution in [-0.4, -0.2) is 25.7 Å². The highest BCUT2D eigenvalue weighted by Gasteiger charge is 2.35. The molecule has 1 atom stereocenters. The maximum Gasteiger partial charge on any atom is 0.338 e. The van der Waals surface area contributed by atoms with Crippen molar-refractivity contribution in [1.29, 1.82) is 0 Å². The molecule has 0 saturated carbocycles. The van der Waals surface area contributed by atoms with Crippen LogP contribution in [0.15, 0.2) is 47.7 Å². The highest BCUT2D eigenvalue weighted by Crippen LogP contribution is 2.36. The molecule has 0 bridgehead atoms. The van der Waals surface area contributed by atoms with Crippen molar-refractivity contribution in [2.45, 2.75) is 33.4 Å². The topological polar surface area (TPSA) is 85.9 Å². The van der Waals surface area contributed by atoms with Gasteiger partial charge in [0.25, 0.3) is 0 Å². The zero-order valence-corrected chi connectivity index (χ0v) is 20.3. The second kappa shape index (κ2) is 10.8. The summed E-state index contributed by atoms with van der Waals surface area (Å²) in [7, 11) is 1.52. The number of carbonyl (C=O) groups is 2. The largest absolute Gasteiger partial charge is 0.493 e. The van der Waals surface area contributed by atoms with Gasteiger partial charge in [-0.25, -0.2) is 9.59 Å². The van der Waals surface area contributed by atoms with Gasteiger partial charge < -0.3 is 24.8 Å². The molecule has 176 valence electrons. The number of esters is 1. The first kappa shape index (κ1) is 24.7. The van der Waals surface area contributed by atoms with E-state index in [0.29, 0.717) is 38.4 Å². The van der Waals surface area contributed by atoms with Crippen molar-refractivity contribution >= 4 is 35.2 Å². The number of ether oxygens (including phenoxy) is 3. The first-order chi connectivity index (χ1) is 15.7. The molecule has 7 nitrogen and oxygen atoms in total. The van der Waals surface area contributed by atoms with E-state index >= 15 is 0 Å². The fourth-order valence-corrected chi connectivity index (χ4v) is 3.82. The zero-order valence-electron chi connectivity index (χ0n) is 18.8. The first-order valence-electron chi connectivity index (χ1n) is 10.5. The van der Waals surface area contributed by atoms with E-state index < -0.39 is 18.0 Å². The highest BCUT2D eigenvalue weighted by molar-refractivity contribution is 6.42. The number of carbonyl (C=O) groups excluding carboxylic acids is 2. The van der Waals surface area contributed by atoms with Crippen molar-refractivity contribution < 1.29 is 23.8 Å². The minimum atomic E-state index is -0.701. The first-order valence-corrected chi connectivity index (χ1v) is 11.2. The number of rotatable bonds is 8. The molecule has 2 aromatic carbocycles. The Labute approximate surface area is 203 Å². The Morgan fingerprint density at radius 1 is 1.09 bits per heavy atom. The van der Waals surface area contributed by atoms with Crippen LogP contribution in [0.25, 0.3) is 0 Å². The van der Waals surface area contributed by atoms with Crippen molar-refractivity contribution in [2.24, 2.45) is 5.92 Å². The van der Waals surface area contributed by atoms with Gasteiger partial charge in [0.2, 0.25) is 0 Å². The van der Waals surface area contributed by atoms with Gasteiger partial charge in [-0.3, -0.25) is 0 Å². The number of nitrogens with one attached hydrogen (secondary N) is 2. The number of hydrogen-bond acceptors (Lipinski definition) is 5. The molecule has 0 spiro atoms. The number of methoxy groups -OCH3 is 1. The van der Waals surface area contributed by atoms with E-state index in [2.05, 4.69) is 10.6 Å². The summed E-state index contributed by atoms with van der Waals surface area (Å²) in [5, 5.41) is 6.47. The smallest absolute Gasteiger partial charge is 0.338 e. The zero-order chi connectivity index (χ0) is 24.1. The van der Waals surface area contributed by atoms with Crippen molar-refractivity contribution in [3.63, 3.8) is 0 Å². The molecule has 3 rings (SSSR count). The Hall–Kier alpha value is -2.90. The van der Waals surface area contributed by atoms with Gasteiger partial charge in [0.05, 0.1) is 35.4 Å². The predicted molar refractivity (Wildman–Crippen MR) is 127 cm³/mol. The quantitative estimate of drug-likeness (QED) is 0.481. The Kier molecular flexibility index (Phi) is 8.10. The van der Waals surface area contributed by atoms with Crippen LogP contribution >= 0.6 is 23.2 Å². The van der Waals surface area contributed by atoms with E-state index in [1.54, 1.807) is 37.3 Å². The molecular weight excluding hydrogens is 467 g/mol. The molecule has 0 radical (unpaired) electrons. The number of urea groups is 1. The molecule has 2 amide bonds. The summed E-state index contributed by atoms with van der Waals surface area (Å²) in [5.41, 5.74) is 2.39. The van der Waals surface area contributed by atoms with Gasteiger partial charge >= 0.3 is 12.0 Å². The van der Waals surface area contributed by atoms with Crippen molar-refractivity contribution in [3.05, 3.63) is 68.8 Å². The molecule has 33 heavy (non-hydrogen) atoms. The maximum atomic E-state index is 12.8. The Morgan fingerprint density at radius 2 is 1.85 bits per heavy atom. The van der Waals surface area contributed by atoms with Gasteiger partial charge in [-0.1, -0.05) is 49.2 Å². The standard InChI is InChI=1S/C24H26Cl2N2O5/c1-5-32-23(29)20-21(13(2)3)27-24(30)28-22(20)15-7-9-18(19(11-15)31-4)33-12-14-6-8-16(25)17(26)10-14/h6-11,13,22H,5,12H2,1-4H3,(H2,27,28,30). The monoisotopic (exact) mass is 492 g/mol. The van der Waals surface area contributed by atoms with Gasteiger partial charge in [0, 0.05) is 5.70 Å². The van der Waals surface area contributed by atoms with Crippen LogP contribution in [-0.2, 0) is 16.1 Å². The third-order valence-corrected chi connectivity index (χ3v) is 5.81. The lowest BCUT2D eigenvalue weighted by Gasteiger charge is -2.31. The molecule has 1 unspecified atom stereocenters. The third kappa shape index (κ3) is 5.72. The van der Waals surface area contributed by atoms with E-state index in [9.17, 15) is 9.59 Å². The van der Waals surface area contributed by atoms with Gasteiger partial charge in [0.15, 0.2) is 11.5 Å². The van der Waals surface area contributed by atoms with Crippen LogP contribution in [0, 0.1) is 5.92 Å². The molecule has 2 N–H and O–H groups in total. The van der Waals surface area contributed by atoms with Gasteiger partial charge in [-0.2, -0.15) is 0 Å². The molecule has 1 aliphatic rings. The Morgan fingerprint density at radius 3 is 2.48 bits per heavy atom. The molecule has 1 heterocycles. The molecule has 1 aliphatic heterocycles. The van der Waals surface area contributed by atoms with E-state index in [1.165, 1.54) is 7.11 Å². The molecule has 0 saturated heterocycles.